The van der Waals surface area contributed by atoms with Crippen molar-refractivity contribution in [1.29, 1.82) is 0 Å². The number of hydrogen-bond acceptors (Lipinski definition) is 6. The van der Waals surface area contributed by atoms with Crippen LogP contribution < -0.4 is 34.0 Å². The minimum atomic E-state index is 1.00. The van der Waals surface area contributed by atoms with E-state index in [4.69, 9.17) is 0 Å². The van der Waals surface area contributed by atoms with Gasteiger partial charge in [-0.25, -0.2) is 0 Å². The summed E-state index contributed by atoms with van der Waals surface area (Å²) >= 11 is 0. The Balaban J connectivity index is 0.805. The van der Waals surface area contributed by atoms with Crippen molar-refractivity contribution in [2.45, 2.75) is 0 Å². The van der Waals surface area contributed by atoms with E-state index in [2.05, 4.69) is 459 Å². The van der Waals surface area contributed by atoms with Gasteiger partial charge in [-0.2, -0.15) is 4.58 Å². The second kappa shape index (κ2) is 29.0. The Kier molecular flexibility index (Phi) is 18.0. The van der Waals surface area contributed by atoms with E-state index in [1.807, 2.05) is 0 Å². The zero-order valence-electron chi connectivity index (χ0n) is 54.0. The Morgan fingerprint density at radius 1 is 0.133 bits per heavy atom. The standard InChI is InChI=1S/C91H70N7/c1-10-28-71(29-11-1)70-92(72-46-50-82(51-47-72)97(88-62-54-84(55-63-88)93(74-30-12-2-13-31-74)75-32-14-3-15-33-75)89-64-56-85(57-65-89)94(76-34-16-4-17-35-76)77-36-18-5-19-37-77)73-48-52-83(53-49-73)98(90-66-58-86(59-67-90)95(78-38-20-6-21-39-78)79-40-22-7-23-41-79)91-68-60-87(61-69-91)96(80-42-24-8-25-43-80)81-44-26-9-27-45-81/h1-70H/q+1. The summed E-state index contributed by atoms with van der Waals surface area (Å²) < 4.78 is 2.29. The van der Waals surface area contributed by atoms with E-state index in [-0.39, 0.29) is 0 Å². The third kappa shape index (κ3) is 13.5. The van der Waals surface area contributed by atoms with Gasteiger partial charge in [0.1, 0.15) is 0 Å². The molecule has 0 radical (unpaired) electrons. The number of rotatable bonds is 21. The topological polar surface area (TPSA) is 22.5 Å². The molecular formula is C91H70N7+. The third-order valence-corrected chi connectivity index (χ3v) is 17.4. The molecule has 15 rings (SSSR count). The van der Waals surface area contributed by atoms with Gasteiger partial charge < -0.3 is 29.4 Å². The van der Waals surface area contributed by atoms with Gasteiger partial charge in [0.2, 0.25) is 11.4 Å². The van der Waals surface area contributed by atoms with E-state index in [9.17, 15) is 0 Å². The molecule has 0 unspecified atom stereocenters. The summed E-state index contributed by atoms with van der Waals surface area (Å²) in [5.41, 5.74) is 22.1. The highest BCUT2D eigenvalue weighted by atomic mass is 15.2. The molecule has 0 fully saturated rings. The average Bonchev–Trinajstić information content (AvgIpc) is 0.823. The van der Waals surface area contributed by atoms with Crippen molar-refractivity contribution in [2.24, 2.45) is 0 Å². The van der Waals surface area contributed by atoms with Gasteiger partial charge >= 0.3 is 0 Å². The summed E-state index contributed by atoms with van der Waals surface area (Å²) in [5.74, 6) is 0. The minimum Gasteiger partial charge on any atom is -0.311 e. The molecule has 468 valence electrons. The van der Waals surface area contributed by atoms with Crippen LogP contribution in [0, 0.1) is 0 Å². The van der Waals surface area contributed by atoms with Gasteiger partial charge in [0, 0.05) is 132 Å². The molecule has 15 aromatic rings. The Labute approximate surface area is 574 Å². The van der Waals surface area contributed by atoms with Crippen molar-refractivity contribution in [3.63, 3.8) is 0 Å². The van der Waals surface area contributed by atoms with E-state index in [0.29, 0.717) is 0 Å². The molecule has 0 heterocycles. The van der Waals surface area contributed by atoms with Crippen LogP contribution in [-0.4, -0.2) is 6.21 Å². The Morgan fingerprint density at radius 3 is 0.408 bits per heavy atom. The van der Waals surface area contributed by atoms with Crippen molar-refractivity contribution in [3.05, 3.63) is 424 Å². The maximum Gasteiger partial charge on any atom is 0.211 e. The predicted octanol–water partition coefficient (Wildman–Crippen LogP) is 25.5. The molecule has 7 heteroatoms. The summed E-state index contributed by atoms with van der Waals surface area (Å²) in [4.78, 5) is 13.9. The number of hydrogen-bond donors (Lipinski definition) is 0. The second-order valence-corrected chi connectivity index (χ2v) is 23.7. The molecule has 0 aliphatic heterocycles. The summed E-state index contributed by atoms with van der Waals surface area (Å²) in [6.07, 6.45) is 2.22. The second-order valence-electron chi connectivity index (χ2n) is 23.7. The molecule has 15 aromatic carbocycles. The lowest BCUT2D eigenvalue weighted by molar-refractivity contribution is 1.09. The monoisotopic (exact) mass is 1260 g/mol. The van der Waals surface area contributed by atoms with Crippen LogP contribution in [-0.2, 0) is 0 Å². The maximum absolute atomic E-state index is 2.34. The van der Waals surface area contributed by atoms with E-state index >= 15 is 0 Å². The first-order chi connectivity index (χ1) is 48.6. The molecular weight excluding hydrogens is 1190 g/mol. The molecule has 0 saturated carbocycles. The molecule has 0 bridgehead atoms. The number of para-hydroxylation sites is 8. The van der Waals surface area contributed by atoms with Crippen molar-refractivity contribution in [3.8, 4) is 0 Å². The highest BCUT2D eigenvalue weighted by molar-refractivity contribution is 5.89. The van der Waals surface area contributed by atoms with E-state index in [0.717, 1.165) is 119 Å². The van der Waals surface area contributed by atoms with Gasteiger partial charge in [-0.3, -0.25) is 0 Å². The number of nitrogens with zero attached hydrogens (tertiary/aromatic N) is 7. The van der Waals surface area contributed by atoms with E-state index in [1.165, 1.54) is 0 Å². The fourth-order valence-corrected chi connectivity index (χ4v) is 12.8. The SMILES string of the molecule is C(c1ccccc1)=[N+](c1ccc(N(c2ccc(N(c3ccccc3)c3ccccc3)cc2)c2ccc(N(c3ccccc3)c3ccccc3)cc2)cc1)c1ccc(N(c2ccc(N(c3ccccc3)c3ccccc3)cc2)c2ccc(N(c3ccccc3)c3ccccc3)cc2)cc1. The molecule has 0 amide bonds. The van der Waals surface area contributed by atoms with Gasteiger partial charge in [0.15, 0.2) is 6.21 Å². The molecule has 0 atom stereocenters. The van der Waals surface area contributed by atoms with Crippen LogP contribution >= 0.6 is 0 Å². The third-order valence-electron chi connectivity index (χ3n) is 17.4. The van der Waals surface area contributed by atoms with E-state index < -0.39 is 0 Å². The summed E-state index contributed by atoms with van der Waals surface area (Å²) in [5, 5.41) is 0. The lowest BCUT2D eigenvalue weighted by atomic mass is 10.1. The smallest absolute Gasteiger partial charge is 0.211 e. The van der Waals surface area contributed by atoms with Crippen LogP contribution in [0.3, 0.4) is 0 Å². The highest BCUT2D eigenvalue weighted by Gasteiger charge is 2.23. The lowest BCUT2D eigenvalue weighted by Crippen LogP contribution is -2.14. The first-order valence-electron chi connectivity index (χ1n) is 33.1. The molecule has 0 saturated heterocycles. The molecule has 0 aliphatic rings. The predicted molar refractivity (Wildman–Crippen MR) is 414 cm³/mol. The summed E-state index contributed by atoms with van der Waals surface area (Å²) in [7, 11) is 0. The fraction of sp³-hybridized carbons (Fsp3) is 0. The van der Waals surface area contributed by atoms with Crippen molar-refractivity contribution in [2.75, 3.05) is 29.4 Å². The van der Waals surface area contributed by atoms with Crippen molar-refractivity contribution < 1.29 is 0 Å². The van der Waals surface area contributed by atoms with Gasteiger partial charge in [-0.05, 0) is 231 Å². The summed E-state index contributed by atoms with van der Waals surface area (Å²) in [6, 6.07) is 149. The zero-order valence-corrected chi connectivity index (χ0v) is 54.0. The Hall–Kier alpha value is -13.2. The number of benzene rings is 15. The van der Waals surface area contributed by atoms with Crippen LogP contribution in [0.1, 0.15) is 5.56 Å². The van der Waals surface area contributed by atoms with Gasteiger partial charge in [-0.15, -0.1) is 0 Å². The average molecular weight is 1260 g/mol. The molecule has 0 aliphatic carbocycles. The maximum atomic E-state index is 2.34. The van der Waals surface area contributed by atoms with Crippen molar-refractivity contribution in [1.82, 2.24) is 4.58 Å². The van der Waals surface area contributed by atoms with E-state index in [1.54, 1.807) is 0 Å². The van der Waals surface area contributed by atoms with Crippen LogP contribution in [0.2, 0.25) is 0 Å². The molecule has 7 nitrogen and oxygen atoms in total. The first kappa shape index (κ1) is 61.0. The fourth-order valence-electron chi connectivity index (χ4n) is 12.8. The largest absolute Gasteiger partial charge is 0.311 e. The van der Waals surface area contributed by atoms with Gasteiger partial charge in [0.25, 0.3) is 0 Å². The summed E-state index contributed by atoms with van der Waals surface area (Å²) in [6.45, 7) is 0. The molecule has 0 spiro atoms. The number of anilines is 18. The van der Waals surface area contributed by atoms with Crippen LogP contribution in [0.5, 0.6) is 0 Å². The van der Waals surface area contributed by atoms with Crippen LogP contribution in [0.4, 0.5) is 114 Å². The van der Waals surface area contributed by atoms with Crippen LogP contribution in [0.15, 0.2) is 419 Å². The highest BCUT2D eigenvalue weighted by Crippen LogP contribution is 2.45. The quantitative estimate of drug-likeness (QED) is 0.0525. The van der Waals surface area contributed by atoms with Crippen LogP contribution in [0.25, 0.3) is 0 Å². The first-order valence-corrected chi connectivity index (χ1v) is 33.1. The molecule has 0 aromatic heterocycles. The Bertz CT molecular complexity index is 4290. The normalized spacial score (nSPS) is 10.9. The molecule has 98 heavy (non-hydrogen) atoms. The minimum absolute atomic E-state index is 1.00. The lowest BCUT2D eigenvalue weighted by Gasteiger charge is -2.29. The van der Waals surface area contributed by atoms with Gasteiger partial charge in [-0.1, -0.05) is 164 Å². The van der Waals surface area contributed by atoms with Crippen molar-refractivity contribution >= 4 is 120 Å². The molecule has 0 N–H and O–H groups in total. The van der Waals surface area contributed by atoms with Gasteiger partial charge in [0.05, 0.1) is 0 Å². The zero-order chi connectivity index (χ0) is 65.7. The Morgan fingerprint density at radius 2 is 0.255 bits per heavy atom.